The number of fused-ring (bicyclic) bond motifs is 1. The summed E-state index contributed by atoms with van der Waals surface area (Å²) in [5, 5.41) is 5.43. The van der Waals surface area contributed by atoms with Gasteiger partial charge in [-0.3, -0.25) is 0 Å². The van der Waals surface area contributed by atoms with Crippen LogP contribution in [0.5, 0.6) is 11.5 Å². The van der Waals surface area contributed by atoms with Gasteiger partial charge in [0, 0.05) is 10.2 Å². The van der Waals surface area contributed by atoms with Crippen LogP contribution in [0.15, 0.2) is 27.9 Å². The van der Waals surface area contributed by atoms with Gasteiger partial charge in [0.25, 0.3) is 0 Å². The number of carbonyl (C=O) groups excluding carboxylic acids is 2. The number of halogens is 1. The first kappa shape index (κ1) is 18.6. The van der Waals surface area contributed by atoms with Crippen LogP contribution in [0.2, 0.25) is 0 Å². The molecule has 0 unspecified atom stereocenters. The van der Waals surface area contributed by atoms with Crippen LogP contribution in [0, 0.1) is 0 Å². The van der Waals surface area contributed by atoms with Gasteiger partial charge in [0.1, 0.15) is 0 Å². The fourth-order valence-electron chi connectivity index (χ4n) is 2.95. The maximum absolute atomic E-state index is 12.7. The third kappa shape index (κ3) is 3.80. The van der Waals surface area contributed by atoms with E-state index in [9.17, 15) is 9.59 Å². The van der Waals surface area contributed by atoms with Gasteiger partial charge in [-0.2, -0.15) is 0 Å². The van der Waals surface area contributed by atoms with Crippen LogP contribution in [0.1, 0.15) is 44.7 Å². The number of esters is 1. The lowest BCUT2D eigenvalue weighted by atomic mass is 9.95. The van der Waals surface area contributed by atoms with E-state index in [0.29, 0.717) is 39.4 Å². The highest BCUT2D eigenvalue weighted by Crippen LogP contribution is 2.41. The lowest BCUT2D eigenvalue weighted by Gasteiger charge is -2.29. The molecule has 0 fully saturated rings. The monoisotopic (exact) mass is 424 g/mol. The van der Waals surface area contributed by atoms with Gasteiger partial charge in [-0.15, -0.1) is 0 Å². The summed E-state index contributed by atoms with van der Waals surface area (Å²) in [5.41, 5.74) is 1.55. The summed E-state index contributed by atoms with van der Waals surface area (Å²) in [7, 11) is 0. The molecule has 2 heterocycles. The van der Waals surface area contributed by atoms with Crippen molar-refractivity contribution >= 4 is 27.9 Å². The Kier molecular flexibility index (Phi) is 5.70. The summed E-state index contributed by atoms with van der Waals surface area (Å²) >= 11 is 3.49. The van der Waals surface area contributed by atoms with Crippen LogP contribution in [-0.2, 0) is 9.53 Å². The molecule has 2 aliphatic heterocycles. The van der Waals surface area contributed by atoms with E-state index in [1.807, 2.05) is 0 Å². The van der Waals surface area contributed by atoms with Crippen LogP contribution in [0.25, 0.3) is 0 Å². The summed E-state index contributed by atoms with van der Waals surface area (Å²) in [6.07, 6.45) is 2.85. The number of ether oxygens (including phenoxy) is 3. The molecule has 140 valence electrons. The zero-order valence-electron chi connectivity index (χ0n) is 14.7. The highest BCUT2D eigenvalue weighted by molar-refractivity contribution is 9.10. The van der Waals surface area contributed by atoms with Gasteiger partial charge in [0.2, 0.25) is 6.79 Å². The summed E-state index contributed by atoms with van der Waals surface area (Å²) < 4.78 is 16.9. The SMILES string of the molecule is CCCCCOC(=O)C1=C(C)NC(=O)N[C@@H]1c1cc2c(cc1Br)OCO2. The molecule has 2 N–H and O–H groups in total. The van der Waals surface area contributed by atoms with E-state index in [-0.39, 0.29) is 12.8 Å². The number of carbonyl (C=O) groups is 2. The number of hydrogen-bond donors (Lipinski definition) is 2. The van der Waals surface area contributed by atoms with E-state index >= 15 is 0 Å². The Bertz CT molecular complexity index is 762. The molecule has 0 saturated heterocycles. The van der Waals surface area contributed by atoms with Crippen LogP contribution in [0.4, 0.5) is 4.79 Å². The van der Waals surface area contributed by atoms with Gasteiger partial charge in [-0.1, -0.05) is 35.7 Å². The van der Waals surface area contributed by atoms with Crippen LogP contribution in [0.3, 0.4) is 0 Å². The molecule has 3 rings (SSSR count). The lowest BCUT2D eigenvalue weighted by molar-refractivity contribution is -0.139. The van der Waals surface area contributed by atoms with Crippen molar-refractivity contribution in [2.45, 2.75) is 39.2 Å². The van der Waals surface area contributed by atoms with Gasteiger partial charge < -0.3 is 24.8 Å². The molecule has 1 aromatic rings. The Hall–Kier alpha value is -2.22. The Balaban J connectivity index is 1.90. The second-order valence-electron chi connectivity index (χ2n) is 6.14. The predicted molar refractivity (Wildman–Crippen MR) is 97.9 cm³/mol. The second kappa shape index (κ2) is 7.99. The molecule has 2 amide bonds. The number of allylic oxidation sites excluding steroid dienone is 1. The minimum Gasteiger partial charge on any atom is -0.462 e. The molecule has 0 saturated carbocycles. The van der Waals surface area contributed by atoms with Crippen molar-refractivity contribution in [2.75, 3.05) is 13.4 Å². The minimum absolute atomic E-state index is 0.144. The van der Waals surface area contributed by atoms with Crippen LogP contribution >= 0.6 is 15.9 Å². The number of benzene rings is 1. The average Bonchev–Trinajstić information content (AvgIpc) is 3.04. The molecule has 1 aromatic carbocycles. The Labute approximate surface area is 160 Å². The number of hydrogen-bond acceptors (Lipinski definition) is 5. The third-order valence-electron chi connectivity index (χ3n) is 4.27. The molecule has 1 atom stereocenters. The van der Waals surface area contributed by atoms with Gasteiger partial charge >= 0.3 is 12.0 Å². The largest absolute Gasteiger partial charge is 0.462 e. The summed E-state index contributed by atoms with van der Waals surface area (Å²) in [6.45, 7) is 4.27. The second-order valence-corrected chi connectivity index (χ2v) is 6.99. The Morgan fingerprint density at radius 2 is 2.04 bits per heavy atom. The maximum atomic E-state index is 12.7. The van der Waals surface area contributed by atoms with Crippen LogP contribution < -0.4 is 20.1 Å². The molecule has 0 aromatic heterocycles. The molecule has 8 heteroatoms. The number of urea groups is 1. The molecular weight excluding hydrogens is 404 g/mol. The van der Waals surface area contributed by atoms with E-state index in [1.54, 1.807) is 19.1 Å². The van der Waals surface area contributed by atoms with Crippen molar-refractivity contribution in [1.82, 2.24) is 10.6 Å². The van der Waals surface area contributed by atoms with Crippen molar-refractivity contribution in [2.24, 2.45) is 0 Å². The topological polar surface area (TPSA) is 85.9 Å². The molecule has 0 aliphatic carbocycles. The summed E-state index contributed by atoms with van der Waals surface area (Å²) in [4.78, 5) is 24.7. The number of amides is 2. The first-order valence-corrected chi connectivity index (χ1v) is 9.35. The highest BCUT2D eigenvalue weighted by Gasteiger charge is 2.34. The fraction of sp³-hybridized carbons (Fsp3) is 0.444. The van der Waals surface area contributed by atoms with E-state index in [4.69, 9.17) is 14.2 Å². The van der Waals surface area contributed by atoms with Gasteiger partial charge in [-0.25, -0.2) is 9.59 Å². The maximum Gasteiger partial charge on any atom is 0.338 e. The number of nitrogens with one attached hydrogen (secondary N) is 2. The standard InChI is InChI=1S/C18H21BrN2O5/c1-3-4-5-6-24-17(22)15-10(2)20-18(23)21-16(15)11-7-13-14(8-12(11)19)26-9-25-13/h7-8,16H,3-6,9H2,1-2H3,(H2,20,21,23)/t16-/m1/s1. The molecule has 0 spiro atoms. The first-order chi connectivity index (χ1) is 12.5. The van der Waals surface area contributed by atoms with Gasteiger partial charge in [0.15, 0.2) is 11.5 Å². The molecule has 7 nitrogen and oxygen atoms in total. The fourth-order valence-corrected chi connectivity index (χ4v) is 3.50. The van der Waals surface area contributed by atoms with E-state index in [1.165, 1.54) is 0 Å². The normalized spacial score (nSPS) is 18.4. The Morgan fingerprint density at radius 3 is 2.77 bits per heavy atom. The summed E-state index contributed by atoms with van der Waals surface area (Å²) in [5.74, 6) is 0.746. The molecule has 26 heavy (non-hydrogen) atoms. The number of unbranched alkanes of at least 4 members (excludes halogenated alkanes) is 2. The van der Waals surface area contributed by atoms with Crippen molar-refractivity contribution in [3.05, 3.63) is 33.4 Å². The zero-order valence-corrected chi connectivity index (χ0v) is 16.3. The van der Waals surface area contributed by atoms with Crippen LogP contribution in [-0.4, -0.2) is 25.4 Å². The summed E-state index contributed by atoms with van der Waals surface area (Å²) in [6, 6.07) is 2.51. The molecule has 0 radical (unpaired) electrons. The predicted octanol–water partition coefficient (Wildman–Crippen LogP) is 3.54. The lowest BCUT2D eigenvalue weighted by Crippen LogP contribution is -2.45. The third-order valence-corrected chi connectivity index (χ3v) is 4.96. The average molecular weight is 425 g/mol. The van der Waals surface area contributed by atoms with Crippen molar-refractivity contribution in [3.63, 3.8) is 0 Å². The highest BCUT2D eigenvalue weighted by atomic mass is 79.9. The van der Waals surface area contributed by atoms with Crippen molar-refractivity contribution in [3.8, 4) is 11.5 Å². The molecule has 2 aliphatic rings. The van der Waals surface area contributed by atoms with Crippen molar-refractivity contribution < 1.29 is 23.8 Å². The minimum atomic E-state index is -0.647. The van der Waals surface area contributed by atoms with E-state index < -0.39 is 12.0 Å². The van der Waals surface area contributed by atoms with E-state index in [2.05, 4.69) is 33.5 Å². The van der Waals surface area contributed by atoms with Gasteiger partial charge in [0.05, 0.1) is 18.2 Å². The zero-order chi connectivity index (χ0) is 18.7. The molecular formula is C18H21BrN2O5. The van der Waals surface area contributed by atoms with E-state index in [0.717, 1.165) is 19.3 Å². The smallest absolute Gasteiger partial charge is 0.338 e. The molecule has 0 bridgehead atoms. The Morgan fingerprint density at radius 1 is 1.31 bits per heavy atom. The quantitative estimate of drug-likeness (QED) is 0.538. The van der Waals surface area contributed by atoms with Crippen molar-refractivity contribution in [1.29, 1.82) is 0 Å². The first-order valence-electron chi connectivity index (χ1n) is 8.55. The number of rotatable bonds is 6. The van der Waals surface area contributed by atoms with Gasteiger partial charge in [-0.05, 0) is 31.0 Å².